The second-order valence-corrected chi connectivity index (χ2v) is 7.14. The van der Waals surface area contributed by atoms with Gasteiger partial charge in [0.1, 0.15) is 12.4 Å². The van der Waals surface area contributed by atoms with E-state index >= 15 is 0 Å². The molecule has 0 spiro atoms. The lowest BCUT2D eigenvalue weighted by atomic mass is 9.92. The highest BCUT2D eigenvalue weighted by Gasteiger charge is 2.33. The second-order valence-electron chi connectivity index (χ2n) is 7.14. The first-order valence-electron chi connectivity index (χ1n) is 9.87. The number of hydrogen-bond acceptors (Lipinski definition) is 5. The number of carbonyl (C=O) groups is 2. The van der Waals surface area contributed by atoms with Gasteiger partial charge in [0.2, 0.25) is 0 Å². The number of nitrogens with zero attached hydrogens (tertiary/aromatic N) is 1. The number of hydrogen-bond donors (Lipinski definition) is 1. The van der Waals surface area contributed by atoms with Gasteiger partial charge in [0, 0.05) is 30.6 Å². The van der Waals surface area contributed by atoms with Crippen molar-refractivity contribution in [3.8, 4) is 5.75 Å². The predicted molar refractivity (Wildman–Crippen MR) is 109 cm³/mol. The van der Waals surface area contributed by atoms with Crippen molar-refractivity contribution in [1.82, 2.24) is 0 Å². The van der Waals surface area contributed by atoms with Crippen molar-refractivity contribution < 1.29 is 24.2 Å². The van der Waals surface area contributed by atoms with E-state index in [1.54, 1.807) is 7.11 Å². The van der Waals surface area contributed by atoms with Crippen LogP contribution >= 0.6 is 0 Å². The van der Waals surface area contributed by atoms with Crippen molar-refractivity contribution in [3.63, 3.8) is 0 Å². The molecule has 1 aromatic carbocycles. The molecule has 1 aliphatic heterocycles. The van der Waals surface area contributed by atoms with Crippen LogP contribution in [0.25, 0.3) is 0 Å². The zero-order valence-corrected chi connectivity index (χ0v) is 17.6. The number of benzene rings is 1. The minimum atomic E-state index is -0.803. The van der Waals surface area contributed by atoms with E-state index in [2.05, 4.69) is 18.7 Å². The number of carbonyl (C=O) groups excluding carboxylic acids is 1. The molecule has 6 heteroatoms. The van der Waals surface area contributed by atoms with Crippen LogP contribution in [-0.2, 0) is 22.6 Å². The Bertz CT molecular complexity index is 782. The smallest absolute Gasteiger partial charge is 0.341 e. The second kappa shape index (κ2) is 9.62. The van der Waals surface area contributed by atoms with E-state index < -0.39 is 5.97 Å². The Balaban J connectivity index is 2.59. The van der Waals surface area contributed by atoms with Crippen molar-refractivity contribution in [2.45, 2.75) is 60.0 Å². The molecule has 0 saturated carbocycles. The van der Waals surface area contributed by atoms with Gasteiger partial charge in [-0.05, 0) is 45.6 Å². The van der Waals surface area contributed by atoms with E-state index in [0.29, 0.717) is 18.4 Å². The van der Waals surface area contributed by atoms with E-state index in [0.717, 1.165) is 53.2 Å². The summed E-state index contributed by atoms with van der Waals surface area (Å²) >= 11 is 0. The quantitative estimate of drug-likeness (QED) is 0.476. The molecule has 0 unspecified atom stereocenters. The fourth-order valence-electron chi connectivity index (χ4n) is 3.76. The van der Waals surface area contributed by atoms with Gasteiger partial charge in [0.15, 0.2) is 0 Å². The summed E-state index contributed by atoms with van der Waals surface area (Å²) in [6.07, 6.45) is 4.19. The van der Waals surface area contributed by atoms with Crippen LogP contribution in [0.1, 0.15) is 67.1 Å². The van der Waals surface area contributed by atoms with Crippen molar-refractivity contribution in [3.05, 3.63) is 33.9 Å². The van der Waals surface area contributed by atoms with Gasteiger partial charge in [-0.1, -0.05) is 18.6 Å². The summed E-state index contributed by atoms with van der Waals surface area (Å²) in [5, 5.41) is 8.90. The van der Waals surface area contributed by atoms with Gasteiger partial charge in [-0.3, -0.25) is 4.79 Å². The molecule has 1 aliphatic rings. The van der Waals surface area contributed by atoms with E-state index in [1.807, 2.05) is 19.9 Å². The van der Waals surface area contributed by atoms with Crippen molar-refractivity contribution in [1.29, 1.82) is 0 Å². The summed E-state index contributed by atoms with van der Waals surface area (Å²) in [7, 11) is 1.65. The lowest BCUT2D eigenvalue weighted by molar-refractivity contribution is -0.136. The third-order valence-corrected chi connectivity index (χ3v) is 5.23. The summed E-state index contributed by atoms with van der Waals surface area (Å²) in [5.74, 6) is -0.302. The first-order valence-corrected chi connectivity index (χ1v) is 9.87. The van der Waals surface area contributed by atoms with E-state index in [4.69, 9.17) is 14.6 Å². The molecule has 0 saturated heterocycles. The molecular weight excluding hydrogens is 358 g/mol. The van der Waals surface area contributed by atoms with Gasteiger partial charge in [0.25, 0.3) is 0 Å². The number of anilines is 1. The molecular formula is C22H31NO5. The monoisotopic (exact) mass is 389 g/mol. The van der Waals surface area contributed by atoms with Crippen LogP contribution in [0.2, 0.25) is 0 Å². The molecule has 0 atom stereocenters. The van der Waals surface area contributed by atoms with E-state index in [1.165, 1.54) is 0 Å². The number of cyclic esters (lactones) is 1. The van der Waals surface area contributed by atoms with Crippen LogP contribution in [-0.4, -0.2) is 37.2 Å². The van der Waals surface area contributed by atoms with Gasteiger partial charge in [-0.25, -0.2) is 4.79 Å². The van der Waals surface area contributed by atoms with Gasteiger partial charge < -0.3 is 19.5 Å². The summed E-state index contributed by atoms with van der Waals surface area (Å²) in [5.41, 5.74) is 5.36. The molecule has 1 N–H and O–H groups in total. The van der Waals surface area contributed by atoms with Gasteiger partial charge in [0.05, 0.1) is 18.4 Å². The number of carboxylic acids is 1. The number of ether oxygens (including phenoxy) is 2. The zero-order valence-electron chi connectivity index (χ0n) is 17.6. The Morgan fingerprint density at radius 3 is 2.61 bits per heavy atom. The minimum Gasteiger partial charge on any atom is -0.496 e. The fraction of sp³-hybridized carbons (Fsp3) is 0.545. The molecule has 2 rings (SSSR count). The first kappa shape index (κ1) is 21.8. The highest BCUT2D eigenvalue weighted by molar-refractivity contribution is 6.01. The molecule has 0 fully saturated rings. The van der Waals surface area contributed by atoms with Crippen molar-refractivity contribution in [2.75, 3.05) is 25.1 Å². The SMILES string of the molecule is CCCN(CC)c1c(C/C=C(\C)CCC(=O)O)c(OC)c(C)c2c1C(=O)OC2. The number of fused-ring (bicyclic) bond motifs is 1. The molecule has 0 amide bonds. The molecule has 0 aromatic heterocycles. The van der Waals surface area contributed by atoms with Crippen LogP contribution in [0.3, 0.4) is 0 Å². The molecule has 1 heterocycles. The highest BCUT2D eigenvalue weighted by atomic mass is 16.5. The van der Waals surface area contributed by atoms with E-state index in [-0.39, 0.29) is 19.0 Å². The normalized spacial score (nSPS) is 13.3. The number of carboxylic acid groups (broad SMARTS) is 1. The summed E-state index contributed by atoms with van der Waals surface area (Å²) in [6.45, 7) is 9.97. The number of esters is 1. The van der Waals surface area contributed by atoms with Crippen LogP contribution in [0, 0.1) is 6.92 Å². The fourth-order valence-corrected chi connectivity index (χ4v) is 3.76. The Kier molecular flexibility index (Phi) is 7.49. The van der Waals surface area contributed by atoms with Gasteiger partial charge >= 0.3 is 11.9 Å². The molecule has 154 valence electrons. The Hall–Kier alpha value is -2.50. The van der Waals surface area contributed by atoms with Crippen LogP contribution in [0.5, 0.6) is 5.75 Å². The predicted octanol–water partition coefficient (Wildman–Crippen LogP) is 4.26. The maximum Gasteiger partial charge on any atom is 0.341 e. The summed E-state index contributed by atoms with van der Waals surface area (Å²) in [6, 6.07) is 0. The lowest BCUT2D eigenvalue weighted by Crippen LogP contribution is -2.27. The average molecular weight is 389 g/mol. The maximum absolute atomic E-state index is 12.6. The highest BCUT2D eigenvalue weighted by Crippen LogP contribution is 2.43. The summed E-state index contributed by atoms with van der Waals surface area (Å²) in [4.78, 5) is 25.6. The molecule has 1 aromatic rings. The Labute approximate surface area is 167 Å². The van der Waals surface area contributed by atoms with E-state index in [9.17, 15) is 9.59 Å². The average Bonchev–Trinajstić information content (AvgIpc) is 3.05. The van der Waals surface area contributed by atoms with Crippen LogP contribution < -0.4 is 9.64 Å². The topological polar surface area (TPSA) is 76.1 Å². The van der Waals surface area contributed by atoms with Crippen molar-refractivity contribution in [2.24, 2.45) is 0 Å². The van der Waals surface area contributed by atoms with Gasteiger partial charge in [-0.15, -0.1) is 0 Å². The number of aliphatic carboxylic acids is 1. The largest absolute Gasteiger partial charge is 0.496 e. The number of rotatable bonds is 10. The zero-order chi connectivity index (χ0) is 20.8. The Morgan fingerprint density at radius 1 is 1.32 bits per heavy atom. The summed E-state index contributed by atoms with van der Waals surface area (Å²) < 4.78 is 11.1. The molecule has 6 nitrogen and oxygen atoms in total. The molecule has 0 radical (unpaired) electrons. The minimum absolute atomic E-state index is 0.110. The Morgan fingerprint density at radius 2 is 2.04 bits per heavy atom. The van der Waals surface area contributed by atoms with Gasteiger partial charge in [-0.2, -0.15) is 0 Å². The molecule has 28 heavy (non-hydrogen) atoms. The van der Waals surface area contributed by atoms with Crippen molar-refractivity contribution >= 4 is 17.6 Å². The molecule has 0 aliphatic carbocycles. The van der Waals surface area contributed by atoms with Crippen LogP contribution in [0.15, 0.2) is 11.6 Å². The number of allylic oxidation sites excluding steroid dienone is 2. The first-order chi connectivity index (χ1) is 13.3. The maximum atomic E-state index is 12.6. The van der Waals surface area contributed by atoms with Crippen LogP contribution in [0.4, 0.5) is 5.69 Å². The molecule has 0 bridgehead atoms. The standard InChI is InChI=1S/C22H31NO5/c1-6-12-23(7-2)20-16(10-8-14(3)9-11-18(24)25)21(27-5)15(4)17-13-28-22(26)19(17)20/h8H,6-7,9-13H2,1-5H3,(H,24,25)/b14-8+. The number of methoxy groups -OCH3 is 1. The lowest BCUT2D eigenvalue weighted by Gasteiger charge is -2.29. The third kappa shape index (κ3) is 4.49. The third-order valence-electron chi connectivity index (χ3n) is 5.23.